The monoisotopic (exact) mass is 315 g/mol. The van der Waals surface area contributed by atoms with Crippen molar-refractivity contribution in [2.75, 3.05) is 0 Å². The summed E-state index contributed by atoms with van der Waals surface area (Å²) in [6.45, 7) is 5.19. The Morgan fingerprint density at radius 2 is 2.09 bits per heavy atom. The average molecular weight is 315 g/mol. The number of hydrogen-bond donors (Lipinski definition) is 1. The van der Waals surface area contributed by atoms with Gasteiger partial charge < -0.3 is 4.74 Å². The van der Waals surface area contributed by atoms with Crippen molar-refractivity contribution in [3.8, 4) is 0 Å². The van der Waals surface area contributed by atoms with E-state index in [0.29, 0.717) is 0 Å². The molecule has 0 aliphatic carbocycles. The van der Waals surface area contributed by atoms with Crippen molar-refractivity contribution in [3.63, 3.8) is 0 Å². The molecule has 5 nitrogen and oxygen atoms in total. The van der Waals surface area contributed by atoms with Crippen LogP contribution in [0.2, 0.25) is 0 Å². The Hall–Kier alpha value is -2.12. The fraction of sp³-hybridized carbons (Fsp3) is 0.500. The normalized spacial score (nSPS) is 18.8. The van der Waals surface area contributed by atoms with E-state index >= 15 is 0 Å². The molecule has 0 aromatic carbocycles. The van der Waals surface area contributed by atoms with E-state index in [9.17, 15) is 18.0 Å². The Kier molecular flexibility index (Phi) is 4.39. The number of rotatable bonds is 3. The number of hydrogen-bond acceptors (Lipinski definition) is 4. The van der Waals surface area contributed by atoms with Gasteiger partial charge in [0.1, 0.15) is 11.8 Å². The smallest absolute Gasteiger partial charge is 0.428 e. The highest BCUT2D eigenvalue weighted by molar-refractivity contribution is 6.05. The summed E-state index contributed by atoms with van der Waals surface area (Å²) in [6, 6.07) is 1.00. The number of nitrogens with zero attached hydrogens (tertiary/aromatic N) is 2. The third kappa shape index (κ3) is 3.55. The van der Waals surface area contributed by atoms with Crippen LogP contribution in [0.25, 0.3) is 0 Å². The van der Waals surface area contributed by atoms with E-state index in [1.54, 1.807) is 0 Å². The predicted octanol–water partition coefficient (Wildman–Crippen LogP) is 3.13. The van der Waals surface area contributed by atoms with E-state index in [-0.39, 0.29) is 29.3 Å². The summed E-state index contributed by atoms with van der Waals surface area (Å²) >= 11 is 0. The van der Waals surface area contributed by atoms with Crippen molar-refractivity contribution in [2.45, 2.75) is 39.5 Å². The Balaban J connectivity index is 2.45. The van der Waals surface area contributed by atoms with Crippen LogP contribution in [0.1, 0.15) is 37.6 Å². The summed E-state index contributed by atoms with van der Waals surface area (Å²) in [5, 5.41) is 3.76. The number of hydrazone groups is 1. The standard InChI is InChI=1S/C14H16F3N3O2/c1-7(2)4-11-10(14(15,16)17)5-9(6-18-11)12-8(3)22-13(21)20-19-12/h5-8H,4H2,1-3H3,(H,20,21). The number of carbonyl (C=O) groups is 1. The topological polar surface area (TPSA) is 63.6 Å². The van der Waals surface area contributed by atoms with Crippen LogP contribution in [-0.4, -0.2) is 22.9 Å². The molecule has 0 radical (unpaired) electrons. The van der Waals surface area contributed by atoms with Gasteiger partial charge in [-0.3, -0.25) is 4.98 Å². The van der Waals surface area contributed by atoms with Gasteiger partial charge in [0, 0.05) is 11.8 Å². The van der Waals surface area contributed by atoms with Crippen molar-refractivity contribution >= 4 is 11.8 Å². The highest BCUT2D eigenvalue weighted by Crippen LogP contribution is 2.33. The van der Waals surface area contributed by atoms with Crippen LogP contribution in [-0.2, 0) is 17.3 Å². The first kappa shape index (κ1) is 16.3. The third-order valence-corrected chi connectivity index (χ3v) is 3.11. The van der Waals surface area contributed by atoms with Crippen LogP contribution in [0.4, 0.5) is 18.0 Å². The van der Waals surface area contributed by atoms with Crippen LogP contribution in [0.15, 0.2) is 17.4 Å². The largest absolute Gasteiger partial charge is 0.439 e. The number of alkyl halides is 3. The fourth-order valence-electron chi connectivity index (χ4n) is 2.17. The van der Waals surface area contributed by atoms with Crippen LogP contribution in [0.5, 0.6) is 0 Å². The van der Waals surface area contributed by atoms with Gasteiger partial charge in [-0.2, -0.15) is 18.3 Å². The minimum atomic E-state index is -4.50. The van der Waals surface area contributed by atoms with Crippen LogP contribution in [0.3, 0.4) is 0 Å². The summed E-state index contributed by atoms with van der Waals surface area (Å²) in [4.78, 5) is 15.0. The number of nitrogens with one attached hydrogen (secondary N) is 1. The molecule has 1 atom stereocenters. The Bertz CT molecular complexity index is 612. The first-order valence-corrected chi connectivity index (χ1v) is 6.79. The Morgan fingerprint density at radius 3 is 2.64 bits per heavy atom. The second-order valence-corrected chi connectivity index (χ2v) is 5.47. The van der Waals surface area contributed by atoms with E-state index in [0.717, 1.165) is 6.07 Å². The van der Waals surface area contributed by atoms with Gasteiger partial charge in [0.25, 0.3) is 0 Å². The minimum absolute atomic E-state index is 0.000247. The summed E-state index contributed by atoms with van der Waals surface area (Å²) in [5.74, 6) is 0.0491. The maximum Gasteiger partial charge on any atom is 0.428 e. The molecular weight excluding hydrogens is 299 g/mol. The maximum atomic E-state index is 13.2. The highest BCUT2D eigenvalue weighted by Gasteiger charge is 2.35. The van der Waals surface area contributed by atoms with Gasteiger partial charge in [0.2, 0.25) is 0 Å². The molecule has 1 aromatic heterocycles. The molecular formula is C14H16F3N3O2. The van der Waals surface area contributed by atoms with Crippen LogP contribution < -0.4 is 5.43 Å². The summed E-state index contributed by atoms with van der Waals surface area (Å²) in [7, 11) is 0. The number of halogens is 3. The van der Waals surface area contributed by atoms with Gasteiger partial charge >= 0.3 is 12.3 Å². The van der Waals surface area contributed by atoms with E-state index in [1.807, 2.05) is 13.8 Å². The SMILES string of the molecule is CC(C)Cc1ncc(C2=NNC(=O)OC2C)cc1C(F)(F)F. The zero-order valence-electron chi connectivity index (χ0n) is 12.4. The molecule has 1 aromatic rings. The molecule has 2 heterocycles. The van der Waals surface area contributed by atoms with Gasteiger partial charge in [0.05, 0.1) is 11.3 Å². The summed E-state index contributed by atoms with van der Waals surface area (Å²) in [6.07, 6.45) is -4.44. The van der Waals surface area contributed by atoms with Crippen molar-refractivity contribution in [2.24, 2.45) is 11.0 Å². The highest BCUT2D eigenvalue weighted by atomic mass is 19.4. The molecule has 0 saturated carbocycles. The third-order valence-electron chi connectivity index (χ3n) is 3.11. The Morgan fingerprint density at radius 1 is 1.41 bits per heavy atom. The van der Waals surface area contributed by atoms with E-state index in [1.165, 1.54) is 13.1 Å². The molecule has 8 heteroatoms. The number of carbonyl (C=O) groups excluding carboxylic acids is 1. The second-order valence-electron chi connectivity index (χ2n) is 5.47. The zero-order chi connectivity index (χ0) is 16.5. The lowest BCUT2D eigenvalue weighted by atomic mass is 9.99. The average Bonchev–Trinajstić information content (AvgIpc) is 2.37. The number of aromatic nitrogens is 1. The quantitative estimate of drug-likeness (QED) is 0.932. The molecule has 1 N–H and O–H groups in total. The first-order chi connectivity index (χ1) is 10.2. The van der Waals surface area contributed by atoms with E-state index < -0.39 is 23.9 Å². The molecule has 0 fully saturated rings. The van der Waals surface area contributed by atoms with Gasteiger partial charge in [-0.15, -0.1) is 0 Å². The molecule has 2 rings (SSSR count). The molecule has 1 aliphatic heterocycles. The maximum absolute atomic E-state index is 13.2. The summed E-state index contributed by atoms with van der Waals surface area (Å²) < 4.78 is 44.6. The molecule has 1 amide bonds. The lowest BCUT2D eigenvalue weighted by Crippen LogP contribution is -2.37. The second kappa shape index (κ2) is 5.94. The number of amides is 1. The Labute approximate surface area is 125 Å². The zero-order valence-corrected chi connectivity index (χ0v) is 12.4. The molecule has 0 saturated heterocycles. The van der Waals surface area contributed by atoms with Crippen LogP contribution >= 0.6 is 0 Å². The van der Waals surface area contributed by atoms with Crippen molar-refractivity contribution < 1.29 is 22.7 Å². The molecule has 22 heavy (non-hydrogen) atoms. The van der Waals surface area contributed by atoms with E-state index in [2.05, 4.69) is 15.5 Å². The molecule has 0 spiro atoms. The van der Waals surface area contributed by atoms with E-state index in [4.69, 9.17) is 4.74 Å². The lowest BCUT2D eigenvalue weighted by Gasteiger charge is -2.21. The minimum Gasteiger partial charge on any atom is -0.439 e. The van der Waals surface area contributed by atoms with Crippen LogP contribution in [0, 0.1) is 5.92 Å². The molecule has 0 bridgehead atoms. The number of ether oxygens (including phenoxy) is 1. The molecule has 1 unspecified atom stereocenters. The molecule has 120 valence electrons. The van der Waals surface area contributed by atoms with Gasteiger partial charge in [-0.25, -0.2) is 10.2 Å². The predicted molar refractivity (Wildman–Crippen MR) is 73.4 cm³/mol. The van der Waals surface area contributed by atoms with Gasteiger partial charge in [0.15, 0.2) is 0 Å². The number of cyclic esters (lactones) is 1. The molecule has 1 aliphatic rings. The van der Waals surface area contributed by atoms with Crippen molar-refractivity contribution in [1.29, 1.82) is 0 Å². The van der Waals surface area contributed by atoms with Crippen molar-refractivity contribution in [1.82, 2.24) is 10.4 Å². The lowest BCUT2D eigenvalue weighted by molar-refractivity contribution is -0.138. The van der Waals surface area contributed by atoms with Gasteiger partial charge in [-0.1, -0.05) is 13.8 Å². The number of pyridine rings is 1. The van der Waals surface area contributed by atoms with Crippen molar-refractivity contribution in [3.05, 3.63) is 29.1 Å². The van der Waals surface area contributed by atoms with Gasteiger partial charge in [-0.05, 0) is 25.3 Å². The summed E-state index contributed by atoms with van der Waals surface area (Å²) in [5.41, 5.74) is 1.67. The first-order valence-electron chi connectivity index (χ1n) is 6.79. The fourth-order valence-corrected chi connectivity index (χ4v) is 2.17.